The van der Waals surface area contributed by atoms with Crippen LogP contribution in [0.2, 0.25) is 0 Å². The van der Waals surface area contributed by atoms with Gasteiger partial charge < -0.3 is 0 Å². The largest absolute Gasteiger partial charge is 0.192 e. The fourth-order valence-corrected chi connectivity index (χ4v) is 1.73. The van der Waals surface area contributed by atoms with Crippen LogP contribution in [0.4, 0.5) is 0 Å². The van der Waals surface area contributed by atoms with Gasteiger partial charge >= 0.3 is 0 Å². The highest BCUT2D eigenvalue weighted by Crippen LogP contribution is 2.28. The summed E-state index contributed by atoms with van der Waals surface area (Å²) >= 11 is 0.939. The Labute approximate surface area is 100 Å². The molecule has 0 radical (unpaired) electrons. The van der Waals surface area contributed by atoms with Gasteiger partial charge in [-0.3, -0.25) is 0 Å². The first-order valence-electron chi connectivity index (χ1n) is 4.61. The molecule has 0 saturated carbocycles. The molecule has 0 aromatic carbocycles. The third kappa shape index (κ3) is 2.58. The lowest BCUT2D eigenvalue weighted by atomic mass is 9.88. The van der Waals surface area contributed by atoms with E-state index < -0.39 is 0 Å². The summed E-state index contributed by atoms with van der Waals surface area (Å²) in [6.07, 6.45) is 3.47. The number of rotatable bonds is 1. The van der Waals surface area contributed by atoms with E-state index in [1.165, 1.54) is 0 Å². The summed E-state index contributed by atoms with van der Waals surface area (Å²) in [5, 5.41) is 19.6. The molecule has 0 fully saturated rings. The molecule has 1 rings (SSSR count). The number of nitriles is 2. The van der Waals surface area contributed by atoms with Crippen molar-refractivity contribution in [1.82, 2.24) is 0 Å². The lowest BCUT2D eigenvalue weighted by Gasteiger charge is -2.02. The Morgan fingerprint density at radius 1 is 1.56 bits per heavy atom. The summed E-state index contributed by atoms with van der Waals surface area (Å²) in [7, 11) is 1.97. The molecule has 0 aliphatic heterocycles. The smallest absolute Gasteiger partial charge is 0.139 e. The second-order valence-corrected chi connectivity index (χ2v) is 4.21. The summed E-state index contributed by atoms with van der Waals surface area (Å²) in [4.78, 5) is 0.544. The van der Waals surface area contributed by atoms with Crippen molar-refractivity contribution in [2.45, 2.75) is 6.92 Å². The molecule has 1 aliphatic rings. The van der Waals surface area contributed by atoms with Gasteiger partial charge in [0.1, 0.15) is 19.3 Å². The maximum absolute atomic E-state index is 8.98. The van der Waals surface area contributed by atoms with E-state index in [0.717, 1.165) is 28.4 Å². The minimum Gasteiger partial charge on any atom is -0.192 e. The van der Waals surface area contributed by atoms with Crippen LogP contribution in [-0.2, 0) is 0 Å². The van der Waals surface area contributed by atoms with Crippen molar-refractivity contribution in [2.24, 2.45) is 0 Å². The quantitative estimate of drug-likeness (QED) is 0.389. The van der Waals surface area contributed by atoms with Crippen LogP contribution < -0.4 is 0 Å². The van der Waals surface area contributed by atoms with Crippen LogP contribution >= 0.6 is 11.8 Å². The van der Waals surface area contributed by atoms with Gasteiger partial charge in [0.2, 0.25) is 0 Å². The molecule has 16 heavy (non-hydrogen) atoms. The third-order valence-corrected chi connectivity index (χ3v) is 2.70. The highest BCUT2D eigenvalue weighted by molar-refractivity contribution is 8.07. The topological polar surface area (TPSA) is 47.6 Å². The van der Waals surface area contributed by atoms with E-state index in [1.807, 2.05) is 20.2 Å². The first-order chi connectivity index (χ1) is 7.60. The summed E-state index contributed by atoms with van der Waals surface area (Å²) < 4.78 is 0. The maximum atomic E-state index is 8.98. The van der Waals surface area contributed by atoms with Crippen molar-refractivity contribution in [1.29, 1.82) is 10.5 Å². The molecule has 0 saturated heterocycles. The highest BCUT2D eigenvalue weighted by Gasteiger charge is 2.10. The van der Waals surface area contributed by atoms with Gasteiger partial charge in [0.25, 0.3) is 0 Å². The van der Waals surface area contributed by atoms with Crippen LogP contribution in [0.5, 0.6) is 0 Å². The molecule has 0 aromatic rings. The van der Waals surface area contributed by atoms with Gasteiger partial charge in [-0.1, -0.05) is 13.5 Å². The molecule has 0 heterocycles. The Morgan fingerprint density at radius 2 is 2.25 bits per heavy atom. The van der Waals surface area contributed by atoms with Crippen molar-refractivity contribution in [3.8, 4) is 11.5 Å². The summed E-state index contributed by atoms with van der Waals surface area (Å²) in [6, 6.07) is 2.05. The Hall–Kier alpha value is -1.87. The molecule has 76 valence electrons. The van der Waals surface area contributed by atoms with Crippen LogP contribution in [0.25, 0.3) is 0 Å². The Bertz CT molecular complexity index is 543. The first-order valence-corrected chi connectivity index (χ1v) is 5.43. The second-order valence-electron chi connectivity index (χ2n) is 3.42. The van der Waals surface area contributed by atoms with Gasteiger partial charge in [0.05, 0.1) is 10.5 Å². The molecule has 0 spiro atoms. The van der Waals surface area contributed by atoms with E-state index in [2.05, 4.69) is 18.4 Å². The fourth-order valence-electron chi connectivity index (χ4n) is 1.30. The van der Waals surface area contributed by atoms with E-state index in [1.54, 1.807) is 12.2 Å². The van der Waals surface area contributed by atoms with Crippen LogP contribution in [0, 0.1) is 22.0 Å². The van der Waals surface area contributed by atoms with Crippen molar-refractivity contribution >= 4 is 19.6 Å². The average molecular weight is 224 g/mol. The number of nitrogens with zero attached hydrogens (tertiary/aromatic N) is 2. The van der Waals surface area contributed by atoms with Crippen LogP contribution in [-0.4, -0.2) is 7.85 Å². The van der Waals surface area contributed by atoms with Crippen molar-refractivity contribution in [2.75, 3.05) is 0 Å². The molecule has 4 heteroatoms. The first kappa shape index (κ1) is 12.2. The molecule has 0 atom stereocenters. The molecule has 0 aromatic heterocycles. The number of allylic oxidation sites excluding steroid dienone is 5. The molecule has 0 unspecified atom stereocenters. The minimum absolute atomic E-state index is 0.434. The summed E-state index contributed by atoms with van der Waals surface area (Å²) in [6.45, 7) is 5.88. The predicted molar refractivity (Wildman–Crippen MR) is 68.9 cm³/mol. The molecule has 1 aliphatic carbocycles. The number of hydrogen-bond donors (Lipinski definition) is 0. The van der Waals surface area contributed by atoms with Crippen molar-refractivity contribution in [3.63, 3.8) is 0 Å². The average Bonchev–Trinajstić information content (AvgIpc) is 2.38. The normalized spacial score (nSPS) is 17.8. The van der Waals surface area contributed by atoms with Gasteiger partial charge in [0, 0.05) is 11.8 Å². The van der Waals surface area contributed by atoms with Crippen molar-refractivity contribution in [3.05, 3.63) is 51.6 Å². The third-order valence-electron chi connectivity index (χ3n) is 2.06. The van der Waals surface area contributed by atoms with Crippen LogP contribution in [0.1, 0.15) is 6.92 Å². The van der Waals surface area contributed by atoms with E-state index in [-0.39, 0.29) is 0 Å². The SMILES string of the molecule is B/C(C)=C1\C=C=C(SC#N)C(C#N)=CC1=C. The summed E-state index contributed by atoms with van der Waals surface area (Å²) in [5.74, 6) is 0. The van der Waals surface area contributed by atoms with Crippen LogP contribution in [0.15, 0.2) is 51.6 Å². The van der Waals surface area contributed by atoms with Crippen LogP contribution in [0.3, 0.4) is 0 Å². The highest BCUT2D eigenvalue weighted by atomic mass is 32.2. The predicted octanol–water partition coefficient (Wildman–Crippen LogP) is 2.17. The van der Waals surface area contributed by atoms with Gasteiger partial charge in [-0.05, 0) is 23.3 Å². The Morgan fingerprint density at radius 3 is 2.75 bits per heavy atom. The monoisotopic (exact) mass is 224 g/mol. The van der Waals surface area contributed by atoms with Crippen molar-refractivity contribution < 1.29 is 0 Å². The van der Waals surface area contributed by atoms with E-state index >= 15 is 0 Å². The van der Waals surface area contributed by atoms with Gasteiger partial charge in [-0.15, -0.1) is 11.2 Å². The second kappa shape index (κ2) is 5.28. The standard InChI is InChI=1S/C12H9BN2S/c1-8-5-10(6-14)12(16-7-15)4-3-11(8)9(2)13/h3,5H,1,13H2,2H3/b11-9+. The van der Waals surface area contributed by atoms with Gasteiger partial charge in [-0.25, -0.2) is 0 Å². The zero-order chi connectivity index (χ0) is 12.1. The minimum atomic E-state index is 0.434. The van der Waals surface area contributed by atoms with Gasteiger partial charge in [0.15, 0.2) is 0 Å². The van der Waals surface area contributed by atoms with E-state index in [0.29, 0.717) is 10.5 Å². The lowest BCUT2D eigenvalue weighted by molar-refractivity contribution is 1.46. The number of hydrogen-bond acceptors (Lipinski definition) is 3. The zero-order valence-electron chi connectivity index (χ0n) is 9.16. The molecule has 0 amide bonds. The Balaban J connectivity index is 3.41. The number of thiocyanates is 1. The molecule has 2 nitrogen and oxygen atoms in total. The van der Waals surface area contributed by atoms with Gasteiger partial charge in [-0.2, -0.15) is 10.5 Å². The molecular formula is C12H9BN2S. The zero-order valence-corrected chi connectivity index (χ0v) is 9.98. The molecule has 0 bridgehead atoms. The molecule has 0 N–H and O–H groups in total. The summed E-state index contributed by atoms with van der Waals surface area (Å²) in [5.41, 5.74) is 6.24. The lowest BCUT2D eigenvalue weighted by Crippen LogP contribution is -1.87. The van der Waals surface area contributed by atoms with E-state index in [4.69, 9.17) is 10.5 Å². The maximum Gasteiger partial charge on any atom is 0.139 e. The Kier molecular flexibility index (Phi) is 4.03. The van der Waals surface area contributed by atoms with E-state index in [9.17, 15) is 0 Å². The number of thioether (sulfide) groups is 1. The fraction of sp³-hybridized carbons (Fsp3) is 0.0833. The molecular weight excluding hydrogens is 215 g/mol.